The SMILES string of the molecule is FC1(Cl)N=N1. The Bertz CT molecular complexity index is 69.7. The van der Waals surface area contributed by atoms with E-state index in [2.05, 4.69) is 21.8 Å². The quantitative estimate of drug-likeness (QED) is 0.319. The Morgan fingerprint density at radius 2 is 1.80 bits per heavy atom. The van der Waals surface area contributed by atoms with Crippen LogP contribution in [0.4, 0.5) is 4.39 Å². The van der Waals surface area contributed by atoms with Crippen molar-refractivity contribution in [2.75, 3.05) is 0 Å². The predicted molar refractivity (Wildman–Crippen MR) is 14.5 cm³/mol. The molecule has 0 aliphatic carbocycles. The van der Waals surface area contributed by atoms with Crippen molar-refractivity contribution in [2.24, 2.45) is 10.2 Å². The zero-order valence-electron chi connectivity index (χ0n) is 2.15. The van der Waals surface area contributed by atoms with Gasteiger partial charge in [0, 0.05) is 0 Å². The zero-order chi connectivity index (χ0) is 3.91. The summed E-state index contributed by atoms with van der Waals surface area (Å²) in [4.78, 5) is 0. The van der Waals surface area contributed by atoms with Crippen molar-refractivity contribution in [2.45, 2.75) is 5.38 Å². The fraction of sp³-hybridized carbons (Fsp3) is 1.00. The second-order valence-corrected chi connectivity index (χ2v) is 1.19. The van der Waals surface area contributed by atoms with Gasteiger partial charge in [-0.2, -0.15) is 4.39 Å². The summed E-state index contributed by atoms with van der Waals surface area (Å²) in [5, 5.41) is 3.49. The highest BCUT2D eigenvalue weighted by Gasteiger charge is 2.36. The Kier molecular flexibility index (Phi) is 0.301. The van der Waals surface area contributed by atoms with Crippen molar-refractivity contribution in [1.82, 2.24) is 0 Å². The molecular formula is CClFN2. The fourth-order valence-electron chi connectivity index (χ4n) is 0.0378. The van der Waals surface area contributed by atoms with Crippen LogP contribution in [0, 0.1) is 0 Å². The fourth-order valence-corrected chi connectivity index (χ4v) is 0.0756. The van der Waals surface area contributed by atoms with Gasteiger partial charge in [-0.05, 0) is 11.6 Å². The number of rotatable bonds is 0. The molecule has 4 heteroatoms. The van der Waals surface area contributed by atoms with Gasteiger partial charge in [0.2, 0.25) is 0 Å². The number of hydrogen-bond donors (Lipinski definition) is 0. The second-order valence-electron chi connectivity index (χ2n) is 0.709. The first kappa shape index (κ1) is 3.03. The first-order chi connectivity index (χ1) is 2.21. The minimum atomic E-state index is -2.03. The van der Waals surface area contributed by atoms with E-state index in [4.69, 9.17) is 0 Å². The standard InChI is InChI=1S/CClFN2/c2-1(3)4-5-1. The van der Waals surface area contributed by atoms with Gasteiger partial charge in [-0.3, -0.25) is 0 Å². The topological polar surface area (TPSA) is 24.7 Å². The molecule has 2 nitrogen and oxygen atoms in total. The van der Waals surface area contributed by atoms with Crippen molar-refractivity contribution in [1.29, 1.82) is 0 Å². The maximum absolute atomic E-state index is 11.2. The van der Waals surface area contributed by atoms with Gasteiger partial charge < -0.3 is 0 Å². The van der Waals surface area contributed by atoms with Crippen LogP contribution in [-0.4, -0.2) is 5.38 Å². The molecule has 0 aromatic heterocycles. The van der Waals surface area contributed by atoms with Crippen molar-refractivity contribution >= 4 is 11.6 Å². The second kappa shape index (κ2) is 0.497. The van der Waals surface area contributed by atoms with E-state index in [0.717, 1.165) is 0 Å². The molecule has 0 saturated carbocycles. The lowest BCUT2D eigenvalue weighted by atomic mass is 11.3. The number of alkyl halides is 2. The summed E-state index contributed by atoms with van der Waals surface area (Å²) in [5.41, 5.74) is 0. The number of hydrogen-bond acceptors (Lipinski definition) is 2. The molecular weight excluding hydrogens is 94.5 g/mol. The van der Waals surface area contributed by atoms with Crippen LogP contribution in [0.1, 0.15) is 0 Å². The molecule has 28 valence electrons. The summed E-state index contributed by atoms with van der Waals surface area (Å²) >= 11 is 4.64. The van der Waals surface area contributed by atoms with Crippen molar-refractivity contribution in [3.8, 4) is 0 Å². The first-order valence-electron chi connectivity index (χ1n) is 1.03. The van der Waals surface area contributed by atoms with Gasteiger partial charge in [-0.25, -0.2) is 0 Å². The highest BCUT2D eigenvalue weighted by molar-refractivity contribution is 6.23. The van der Waals surface area contributed by atoms with Crippen molar-refractivity contribution in [3.05, 3.63) is 0 Å². The molecule has 1 aliphatic heterocycles. The van der Waals surface area contributed by atoms with Gasteiger partial charge >= 0.3 is 5.38 Å². The Hall–Kier alpha value is -0.180. The van der Waals surface area contributed by atoms with Crippen LogP contribution < -0.4 is 0 Å². The molecule has 1 rings (SSSR count). The minimum Gasteiger partial charge on any atom is -0.170 e. The summed E-state index contributed by atoms with van der Waals surface area (Å²) in [5.74, 6) is 0. The van der Waals surface area contributed by atoms with Gasteiger partial charge in [-0.15, -0.1) is 10.2 Å². The van der Waals surface area contributed by atoms with E-state index < -0.39 is 5.38 Å². The maximum atomic E-state index is 11.2. The average Bonchev–Trinajstić information content (AvgIpc) is 1.76. The summed E-state index contributed by atoms with van der Waals surface area (Å²) in [6.45, 7) is 0. The van der Waals surface area contributed by atoms with E-state index >= 15 is 0 Å². The molecule has 5 heavy (non-hydrogen) atoms. The highest BCUT2D eigenvalue weighted by Crippen LogP contribution is 2.33. The third kappa shape index (κ3) is 0.545. The van der Waals surface area contributed by atoms with Gasteiger partial charge in [0.05, 0.1) is 0 Å². The van der Waals surface area contributed by atoms with Crippen LogP contribution >= 0.6 is 11.6 Å². The number of halogens is 2. The Morgan fingerprint density at radius 1 is 1.60 bits per heavy atom. The molecule has 0 saturated heterocycles. The monoisotopic (exact) mass is 94.0 g/mol. The van der Waals surface area contributed by atoms with Crippen LogP contribution in [0.15, 0.2) is 10.2 Å². The van der Waals surface area contributed by atoms with Crippen molar-refractivity contribution in [3.63, 3.8) is 0 Å². The molecule has 0 atom stereocenters. The molecule has 0 aromatic rings. The molecule has 0 N–H and O–H groups in total. The third-order valence-corrected chi connectivity index (χ3v) is 0.402. The molecule has 1 heterocycles. The molecule has 1 aliphatic rings. The Labute approximate surface area is 32.6 Å². The third-order valence-electron chi connectivity index (χ3n) is 0.251. The van der Waals surface area contributed by atoms with Crippen LogP contribution in [0.2, 0.25) is 0 Å². The van der Waals surface area contributed by atoms with E-state index in [9.17, 15) is 4.39 Å². The highest BCUT2D eigenvalue weighted by atomic mass is 35.5. The molecule has 0 amide bonds. The smallest absolute Gasteiger partial charge is 0.170 e. The minimum absolute atomic E-state index is 2.03. The average molecular weight is 94.5 g/mol. The molecule has 0 aromatic carbocycles. The van der Waals surface area contributed by atoms with Crippen LogP contribution in [-0.2, 0) is 0 Å². The predicted octanol–water partition coefficient (Wildman–Crippen LogP) is 1.27. The van der Waals surface area contributed by atoms with Crippen LogP contribution in [0.3, 0.4) is 0 Å². The van der Waals surface area contributed by atoms with Crippen LogP contribution in [0.5, 0.6) is 0 Å². The maximum Gasteiger partial charge on any atom is 0.409 e. The van der Waals surface area contributed by atoms with Crippen LogP contribution in [0.25, 0.3) is 0 Å². The zero-order valence-corrected chi connectivity index (χ0v) is 2.91. The number of nitrogens with zero attached hydrogens (tertiary/aromatic N) is 2. The molecule has 0 radical (unpaired) electrons. The molecule has 0 unspecified atom stereocenters. The van der Waals surface area contributed by atoms with Gasteiger partial charge in [0.15, 0.2) is 0 Å². The van der Waals surface area contributed by atoms with E-state index in [1.54, 1.807) is 0 Å². The Morgan fingerprint density at radius 3 is 1.80 bits per heavy atom. The summed E-state index contributed by atoms with van der Waals surface area (Å²) in [6, 6.07) is 0. The molecule has 0 bridgehead atoms. The van der Waals surface area contributed by atoms with Crippen molar-refractivity contribution < 1.29 is 4.39 Å². The van der Waals surface area contributed by atoms with E-state index in [-0.39, 0.29) is 0 Å². The molecule has 0 spiro atoms. The lowest BCUT2D eigenvalue weighted by Gasteiger charge is -1.70. The lowest BCUT2D eigenvalue weighted by molar-refractivity contribution is 0.402. The summed E-state index contributed by atoms with van der Waals surface area (Å²) in [6.07, 6.45) is 0. The Balaban J connectivity index is 2.47. The lowest BCUT2D eigenvalue weighted by Crippen LogP contribution is -1.80. The first-order valence-corrected chi connectivity index (χ1v) is 1.40. The van der Waals surface area contributed by atoms with Gasteiger partial charge in [0.1, 0.15) is 0 Å². The van der Waals surface area contributed by atoms with Gasteiger partial charge in [-0.1, -0.05) is 0 Å². The van der Waals surface area contributed by atoms with E-state index in [1.165, 1.54) is 0 Å². The summed E-state index contributed by atoms with van der Waals surface area (Å²) in [7, 11) is 0. The molecule has 0 fully saturated rings. The normalized spacial score (nSPS) is 26.8. The largest absolute Gasteiger partial charge is 0.409 e. The van der Waals surface area contributed by atoms with E-state index in [1.807, 2.05) is 0 Å². The summed E-state index contributed by atoms with van der Waals surface area (Å²) < 4.78 is 11.2. The van der Waals surface area contributed by atoms with E-state index in [0.29, 0.717) is 0 Å². The van der Waals surface area contributed by atoms with Gasteiger partial charge in [0.25, 0.3) is 0 Å².